The van der Waals surface area contributed by atoms with Gasteiger partial charge in [0.25, 0.3) is 5.91 Å². The maximum atomic E-state index is 14.1. The second-order valence-electron chi connectivity index (χ2n) is 10.5. The molecule has 0 bridgehead atoms. The molecule has 4 aliphatic rings. The Morgan fingerprint density at radius 1 is 0.917 bits per heavy atom. The van der Waals surface area contributed by atoms with Gasteiger partial charge in [0.15, 0.2) is 11.5 Å². The molecule has 2 fully saturated rings. The van der Waals surface area contributed by atoms with E-state index in [-0.39, 0.29) is 22.8 Å². The molecule has 8 heteroatoms. The Labute approximate surface area is 209 Å². The number of halogens is 2. The highest BCUT2D eigenvalue weighted by molar-refractivity contribution is 5.94. The van der Waals surface area contributed by atoms with E-state index in [0.29, 0.717) is 52.2 Å². The molecule has 3 aliphatic heterocycles. The Hall–Kier alpha value is -3.16. The van der Waals surface area contributed by atoms with Crippen molar-refractivity contribution in [1.29, 1.82) is 0 Å². The van der Waals surface area contributed by atoms with Crippen LogP contribution in [0.1, 0.15) is 60.0 Å². The number of nitrogens with zero attached hydrogens (tertiary/aromatic N) is 2. The second kappa shape index (κ2) is 9.05. The fourth-order valence-electron chi connectivity index (χ4n) is 6.52. The van der Waals surface area contributed by atoms with Crippen molar-refractivity contribution in [3.8, 4) is 11.5 Å². The maximum Gasteiger partial charge on any atom is 0.256 e. The number of hydrogen-bond donors (Lipinski definition) is 0. The van der Waals surface area contributed by atoms with Gasteiger partial charge in [-0.1, -0.05) is 12.8 Å². The summed E-state index contributed by atoms with van der Waals surface area (Å²) in [6.07, 6.45) is 5.47. The van der Waals surface area contributed by atoms with Crippen LogP contribution in [0.2, 0.25) is 0 Å². The topological polar surface area (TPSA) is 59.1 Å². The monoisotopic (exact) mass is 496 g/mol. The molecule has 6 nitrogen and oxygen atoms in total. The summed E-state index contributed by atoms with van der Waals surface area (Å²) in [4.78, 5) is 30.0. The van der Waals surface area contributed by atoms with Gasteiger partial charge in [-0.3, -0.25) is 9.59 Å². The van der Waals surface area contributed by atoms with Gasteiger partial charge in [0, 0.05) is 43.6 Å². The quantitative estimate of drug-likeness (QED) is 0.617. The Kier molecular flexibility index (Phi) is 5.85. The predicted octanol–water partition coefficient (Wildman–Crippen LogP) is 4.44. The lowest BCUT2D eigenvalue weighted by Crippen LogP contribution is -2.50. The number of rotatable bonds is 2. The lowest BCUT2D eigenvalue weighted by molar-refractivity contribution is -0.139. The fraction of sp³-hybridized carbons (Fsp3) is 0.500. The average molecular weight is 497 g/mol. The van der Waals surface area contributed by atoms with Crippen LogP contribution in [0.4, 0.5) is 8.78 Å². The summed E-state index contributed by atoms with van der Waals surface area (Å²) in [7, 11) is 0. The molecule has 6 rings (SSSR count). The van der Waals surface area contributed by atoms with Crippen LogP contribution in [-0.4, -0.2) is 54.5 Å². The first kappa shape index (κ1) is 23.3. The summed E-state index contributed by atoms with van der Waals surface area (Å²) >= 11 is 0. The van der Waals surface area contributed by atoms with Crippen LogP contribution in [0, 0.1) is 17.6 Å². The highest BCUT2D eigenvalue weighted by Gasteiger charge is 2.45. The van der Waals surface area contributed by atoms with Crippen LogP contribution in [0.5, 0.6) is 11.5 Å². The summed E-state index contributed by atoms with van der Waals surface area (Å²) < 4.78 is 39.0. The van der Waals surface area contributed by atoms with Gasteiger partial charge in [-0.15, -0.1) is 0 Å². The first-order chi connectivity index (χ1) is 17.4. The third kappa shape index (κ3) is 4.00. The molecule has 0 aromatic heterocycles. The van der Waals surface area contributed by atoms with Gasteiger partial charge in [-0.25, -0.2) is 8.78 Å². The van der Waals surface area contributed by atoms with E-state index in [1.807, 2.05) is 4.90 Å². The molecule has 1 aliphatic carbocycles. The molecule has 0 unspecified atom stereocenters. The minimum absolute atomic E-state index is 0.0458. The highest BCUT2D eigenvalue weighted by atomic mass is 19.1. The number of benzene rings is 2. The number of fused-ring (bicyclic) bond motifs is 3. The number of carbonyl (C=O) groups is 2. The van der Waals surface area contributed by atoms with E-state index in [4.69, 9.17) is 9.47 Å². The van der Waals surface area contributed by atoms with Crippen LogP contribution in [-0.2, 0) is 16.8 Å². The van der Waals surface area contributed by atoms with Gasteiger partial charge in [-0.2, -0.15) is 0 Å². The van der Waals surface area contributed by atoms with Gasteiger partial charge in [0.2, 0.25) is 5.91 Å². The van der Waals surface area contributed by atoms with E-state index in [1.165, 1.54) is 11.6 Å². The number of amides is 2. The molecule has 0 radical (unpaired) electrons. The maximum absolute atomic E-state index is 14.1. The minimum Gasteiger partial charge on any atom is -0.486 e. The number of carbonyl (C=O) groups excluding carboxylic acids is 2. The molecule has 1 spiro atoms. The van der Waals surface area contributed by atoms with Crippen molar-refractivity contribution in [2.24, 2.45) is 5.92 Å². The molecular weight excluding hydrogens is 466 g/mol. The molecule has 2 aromatic carbocycles. The molecule has 0 N–H and O–H groups in total. The summed E-state index contributed by atoms with van der Waals surface area (Å²) in [5.41, 5.74) is 2.26. The van der Waals surface area contributed by atoms with Gasteiger partial charge >= 0.3 is 0 Å². The summed E-state index contributed by atoms with van der Waals surface area (Å²) in [6, 6.07) is 7.21. The Morgan fingerprint density at radius 3 is 2.31 bits per heavy atom. The lowest BCUT2D eigenvalue weighted by Gasteiger charge is -2.44. The van der Waals surface area contributed by atoms with E-state index in [9.17, 15) is 18.4 Å². The Balaban J connectivity index is 1.17. The standard InChI is InChI=1S/C28H30F2N2O4/c29-20-3-4-21(23(30)14-20)27(34)31-9-5-18(6-10-31)26(33)32-16-19-13-24-25(36-12-11-35-24)15-22(19)28(17-32)7-1-2-8-28/h3-4,13-15,18H,1-2,5-12,16-17H2. The zero-order chi connectivity index (χ0) is 24.9. The second-order valence-corrected chi connectivity index (χ2v) is 10.5. The van der Waals surface area contributed by atoms with Gasteiger partial charge in [0.1, 0.15) is 24.8 Å². The van der Waals surface area contributed by atoms with Crippen LogP contribution in [0.3, 0.4) is 0 Å². The van der Waals surface area contributed by atoms with Gasteiger partial charge in [-0.05, 0) is 61.1 Å². The molecular formula is C28H30F2N2O4. The molecule has 2 aromatic rings. The largest absolute Gasteiger partial charge is 0.486 e. The fourth-order valence-corrected chi connectivity index (χ4v) is 6.52. The predicted molar refractivity (Wildman–Crippen MR) is 128 cm³/mol. The van der Waals surface area contributed by atoms with Crippen LogP contribution < -0.4 is 9.47 Å². The van der Waals surface area contributed by atoms with E-state index < -0.39 is 17.5 Å². The van der Waals surface area contributed by atoms with Crippen LogP contribution in [0.15, 0.2) is 30.3 Å². The van der Waals surface area contributed by atoms with E-state index in [0.717, 1.165) is 54.9 Å². The summed E-state index contributed by atoms with van der Waals surface area (Å²) in [5, 5.41) is 0. The molecule has 2 amide bonds. The van der Waals surface area contributed by atoms with Crippen molar-refractivity contribution in [1.82, 2.24) is 9.80 Å². The molecule has 1 saturated carbocycles. The van der Waals surface area contributed by atoms with E-state index >= 15 is 0 Å². The van der Waals surface area contributed by atoms with Gasteiger partial charge < -0.3 is 19.3 Å². The molecule has 36 heavy (non-hydrogen) atoms. The van der Waals surface area contributed by atoms with Crippen molar-refractivity contribution in [2.45, 2.75) is 50.5 Å². The third-order valence-electron chi connectivity index (χ3n) is 8.36. The third-order valence-corrected chi connectivity index (χ3v) is 8.36. The lowest BCUT2D eigenvalue weighted by atomic mass is 9.73. The molecule has 3 heterocycles. The summed E-state index contributed by atoms with van der Waals surface area (Å²) in [5.74, 6) is -0.518. The SMILES string of the molecule is O=C(c1ccc(F)cc1F)N1CCC(C(=O)N2Cc3cc4c(cc3C3(CCCC3)C2)OCCO4)CC1. The molecule has 1 saturated heterocycles. The number of ether oxygens (including phenoxy) is 2. The van der Waals surface area contributed by atoms with E-state index in [1.54, 1.807) is 4.90 Å². The normalized spacial score (nSPS) is 20.9. The Bertz CT molecular complexity index is 1200. The molecule has 0 atom stereocenters. The zero-order valence-electron chi connectivity index (χ0n) is 20.2. The number of piperidine rings is 1. The minimum atomic E-state index is -0.858. The summed E-state index contributed by atoms with van der Waals surface area (Å²) in [6.45, 7) is 3.09. The van der Waals surface area contributed by atoms with Gasteiger partial charge in [0.05, 0.1) is 5.56 Å². The first-order valence-electron chi connectivity index (χ1n) is 12.9. The van der Waals surface area contributed by atoms with Crippen LogP contribution in [0.25, 0.3) is 0 Å². The van der Waals surface area contributed by atoms with Crippen molar-refractivity contribution >= 4 is 11.8 Å². The smallest absolute Gasteiger partial charge is 0.256 e. The highest BCUT2D eigenvalue weighted by Crippen LogP contribution is 2.49. The van der Waals surface area contributed by atoms with Crippen molar-refractivity contribution in [3.63, 3.8) is 0 Å². The van der Waals surface area contributed by atoms with Crippen LogP contribution >= 0.6 is 0 Å². The zero-order valence-corrected chi connectivity index (χ0v) is 20.2. The van der Waals surface area contributed by atoms with E-state index in [2.05, 4.69) is 12.1 Å². The van der Waals surface area contributed by atoms with Crippen molar-refractivity contribution < 1.29 is 27.8 Å². The number of likely N-dealkylation sites (tertiary alicyclic amines) is 1. The number of hydrogen-bond acceptors (Lipinski definition) is 4. The van der Waals surface area contributed by atoms with Crippen molar-refractivity contribution in [3.05, 3.63) is 58.7 Å². The molecule has 190 valence electrons. The van der Waals surface area contributed by atoms with Crippen molar-refractivity contribution in [2.75, 3.05) is 32.8 Å². The first-order valence-corrected chi connectivity index (χ1v) is 12.9. The Morgan fingerprint density at radius 2 is 1.61 bits per heavy atom. The average Bonchev–Trinajstić information content (AvgIpc) is 3.36.